The lowest BCUT2D eigenvalue weighted by Gasteiger charge is -2.22. The molecule has 0 atom stereocenters. The van der Waals surface area contributed by atoms with Crippen molar-refractivity contribution in [3.05, 3.63) is 107 Å². The Morgan fingerprint density at radius 1 is 0.621 bits per heavy atom. The van der Waals surface area contributed by atoms with E-state index in [9.17, 15) is 0 Å². The summed E-state index contributed by atoms with van der Waals surface area (Å²) < 4.78 is 15.0. The molecule has 29 heavy (non-hydrogen) atoms. The fraction of sp³-hybridized carbons (Fsp3) is 0.143. The topological polar surface area (TPSA) is 0 Å². The second-order valence-electron chi connectivity index (χ2n) is 8.40. The largest absolute Gasteiger partial charge is 0.207 e. The van der Waals surface area contributed by atoms with Crippen LogP contribution in [0.25, 0.3) is 33.4 Å². The van der Waals surface area contributed by atoms with Gasteiger partial charge in [0, 0.05) is 5.41 Å². The van der Waals surface area contributed by atoms with E-state index >= 15 is 4.39 Å². The lowest BCUT2D eigenvalue weighted by Crippen LogP contribution is -2.14. The molecule has 1 aliphatic carbocycles. The summed E-state index contributed by atoms with van der Waals surface area (Å²) in [7, 11) is 0. The molecule has 0 aromatic heterocycles. The molecule has 0 bridgehead atoms. The molecule has 1 heteroatoms. The summed E-state index contributed by atoms with van der Waals surface area (Å²) in [6, 6.07) is 28.9. The van der Waals surface area contributed by atoms with Gasteiger partial charge in [0.1, 0.15) is 5.82 Å². The van der Waals surface area contributed by atoms with Gasteiger partial charge in [-0.1, -0.05) is 86.6 Å². The van der Waals surface area contributed by atoms with Gasteiger partial charge in [0.15, 0.2) is 0 Å². The fourth-order valence-electron chi connectivity index (χ4n) is 4.73. The monoisotopic (exact) mass is 378 g/mol. The molecule has 1 aliphatic rings. The molecule has 0 heterocycles. The van der Waals surface area contributed by atoms with Gasteiger partial charge in [0.05, 0.1) is 0 Å². The first-order chi connectivity index (χ1) is 14.0. The molecule has 4 aromatic rings. The van der Waals surface area contributed by atoms with Crippen molar-refractivity contribution in [1.29, 1.82) is 0 Å². The maximum absolute atomic E-state index is 15.0. The quantitative estimate of drug-likeness (QED) is 0.334. The average molecular weight is 378 g/mol. The molecule has 0 fully saturated rings. The van der Waals surface area contributed by atoms with E-state index in [4.69, 9.17) is 0 Å². The Kier molecular flexibility index (Phi) is 3.96. The van der Waals surface area contributed by atoms with E-state index in [1.165, 1.54) is 22.3 Å². The fourth-order valence-corrected chi connectivity index (χ4v) is 4.73. The van der Waals surface area contributed by atoms with Crippen LogP contribution >= 0.6 is 0 Å². The van der Waals surface area contributed by atoms with Crippen LogP contribution in [0.3, 0.4) is 0 Å². The minimum Gasteiger partial charge on any atom is -0.207 e. The highest BCUT2D eigenvalue weighted by molar-refractivity contribution is 5.94. The third-order valence-corrected chi connectivity index (χ3v) is 6.35. The van der Waals surface area contributed by atoms with Crippen LogP contribution in [-0.2, 0) is 5.41 Å². The molecule has 4 aromatic carbocycles. The Morgan fingerprint density at radius 2 is 1.28 bits per heavy atom. The maximum atomic E-state index is 15.0. The normalized spacial score (nSPS) is 13.8. The lowest BCUT2D eigenvalue weighted by atomic mass is 9.81. The highest BCUT2D eigenvalue weighted by Gasteiger charge is 2.36. The van der Waals surface area contributed by atoms with Crippen molar-refractivity contribution in [2.24, 2.45) is 0 Å². The molecule has 0 N–H and O–H groups in total. The summed E-state index contributed by atoms with van der Waals surface area (Å²) in [5.74, 6) is -0.163. The molecule has 0 amide bonds. The van der Waals surface area contributed by atoms with Crippen molar-refractivity contribution in [2.75, 3.05) is 0 Å². The highest BCUT2D eigenvalue weighted by atomic mass is 19.1. The van der Waals surface area contributed by atoms with Crippen LogP contribution < -0.4 is 0 Å². The van der Waals surface area contributed by atoms with Crippen LogP contribution in [0.1, 0.15) is 30.5 Å². The van der Waals surface area contributed by atoms with Gasteiger partial charge in [-0.05, 0) is 69.1 Å². The van der Waals surface area contributed by atoms with E-state index in [-0.39, 0.29) is 11.2 Å². The van der Waals surface area contributed by atoms with Crippen LogP contribution in [0.5, 0.6) is 0 Å². The predicted molar refractivity (Wildman–Crippen MR) is 120 cm³/mol. The third-order valence-electron chi connectivity index (χ3n) is 6.35. The van der Waals surface area contributed by atoms with Crippen molar-refractivity contribution in [1.82, 2.24) is 0 Å². The van der Waals surface area contributed by atoms with E-state index in [0.717, 1.165) is 22.3 Å². The number of rotatable bonds is 2. The van der Waals surface area contributed by atoms with Gasteiger partial charge in [-0.3, -0.25) is 0 Å². The van der Waals surface area contributed by atoms with Gasteiger partial charge >= 0.3 is 0 Å². The van der Waals surface area contributed by atoms with Crippen molar-refractivity contribution in [2.45, 2.75) is 26.2 Å². The minimum absolute atomic E-state index is 0.0641. The van der Waals surface area contributed by atoms with E-state index < -0.39 is 0 Å². The van der Waals surface area contributed by atoms with E-state index in [0.29, 0.717) is 5.56 Å². The zero-order chi connectivity index (χ0) is 20.2. The van der Waals surface area contributed by atoms with E-state index in [2.05, 4.69) is 62.4 Å². The number of benzene rings is 4. The zero-order valence-electron chi connectivity index (χ0n) is 17.0. The second-order valence-corrected chi connectivity index (χ2v) is 8.40. The van der Waals surface area contributed by atoms with Crippen LogP contribution in [0.2, 0.25) is 0 Å². The number of hydrogen-bond donors (Lipinski definition) is 0. The molecule has 0 unspecified atom stereocenters. The van der Waals surface area contributed by atoms with Gasteiger partial charge < -0.3 is 0 Å². The van der Waals surface area contributed by atoms with Crippen molar-refractivity contribution in [3.8, 4) is 33.4 Å². The lowest BCUT2D eigenvalue weighted by molar-refractivity contribution is 0.619. The molecule has 0 radical (unpaired) electrons. The van der Waals surface area contributed by atoms with Gasteiger partial charge in [-0.15, -0.1) is 0 Å². The summed E-state index contributed by atoms with van der Waals surface area (Å²) >= 11 is 0. The first-order valence-electron chi connectivity index (χ1n) is 10.1. The minimum atomic E-state index is -0.163. The summed E-state index contributed by atoms with van der Waals surface area (Å²) in [5.41, 5.74) is 9.77. The molecule has 0 aliphatic heterocycles. The molecule has 0 spiro atoms. The van der Waals surface area contributed by atoms with Crippen LogP contribution in [-0.4, -0.2) is 0 Å². The molecule has 0 nitrogen and oxygen atoms in total. The number of halogens is 1. The SMILES string of the molecule is Cc1c(F)cc(-c2ccccc2)cc1-c1cccc2c1-c1ccccc1C2(C)C. The molecular weight excluding hydrogens is 355 g/mol. The molecule has 5 rings (SSSR count). The van der Waals surface area contributed by atoms with Gasteiger partial charge in [0.25, 0.3) is 0 Å². The standard InChI is InChI=1S/C28H23F/c1-18-23(16-20(17-26(18)29)19-10-5-4-6-11-19)21-13-9-15-25-27(21)22-12-7-8-14-24(22)28(25,2)3/h4-17H,1-3H3. The maximum Gasteiger partial charge on any atom is 0.127 e. The van der Waals surface area contributed by atoms with Gasteiger partial charge in [0.2, 0.25) is 0 Å². The molecular formula is C28H23F. The smallest absolute Gasteiger partial charge is 0.127 e. The molecule has 142 valence electrons. The number of hydrogen-bond acceptors (Lipinski definition) is 0. The summed E-state index contributed by atoms with van der Waals surface area (Å²) in [6.07, 6.45) is 0. The third kappa shape index (κ3) is 2.65. The zero-order valence-corrected chi connectivity index (χ0v) is 17.0. The Morgan fingerprint density at radius 3 is 2.07 bits per heavy atom. The Hall–Kier alpha value is -3.19. The van der Waals surface area contributed by atoms with Crippen LogP contribution in [0.15, 0.2) is 84.9 Å². The summed E-state index contributed by atoms with van der Waals surface area (Å²) in [5, 5.41) is 0. The molecule has 0 saturated heterocycles. The summed E-state index contributed by atoms with van der Waals surface area (Å²) in [6.45, 7) is 6.43. The Balaban J connectivity index is 1.81. The van der Waals surface area contributed by atoms with Gasteiger partial charge in [-0.2, -0.15) is 0 Å². The van der Waals surface area contributed by atoms with Crippen molar-refractivity contribution >= 4 is 0 Å². The predicted octanol–water partition coefficient (Wildman–Crippen LogP) is 7.77. The molecule has 0 saturated carbocycles. The van der Waals surface area contributed by atoms with E-state index in [1.54, 1.807) is 6.07 Å². The second kappa shape index (κ2) is 6.42. The van der Waals surface area contributed by atoms with Crippen LogP contribution in [0, 0.1) is 12.7 Å². The Bertz CT molecular complexity index is 1230. The number of fused-ring (bicyclic) bond motifs is 3. The van der Waals surface area contributed by atoms with E-state index in [1.807, 2.05) is 37.3 Å². The average Bonchev–Trinajstić information content (AvgIpc) is 2.98. The van der Waals surface area contributed by atoms with Crippen molar-refractivity contribution < 1.29 is 4.39 Å². The first-order valence-corrected chi connectivity index (χ1v) is 10.1. The Labute approximate surface area is 171 Å². The highest BCUT2D eigenvalue weighted by Crippen LogP contribution is 2.52. The van der Waals surface area contributed by atoms with Crippen molar-refractivity contribution in [3.63, 3.8) is 0 Å². The van der Waals surface area contributed by atoms with Crippen LogP contribution in [0.4, 0.5) is 4.39 Å². The first kappa shape index (κ1) is 17.9. The summed E-state index contributed by atoms with van der Waals surface area (Å²) in [4.78, 5) is 0. The van der Waals surface area contributed by atoms with Gasteiger partial charge in [-0.25, -0.2) is 4.39 Å².